The Kier molecular flexibility index (Phi) is 5.02. The van der Waals surface area contributed by atoms with Gasteiger partial charge in [-0.1, -0.05) is 6.42 Å². The second-order valence-electron chi connectivity index (χ2n) is 6.42. The Morgan fingerprint density at radius 1 is 1.30 bits per heavy atom. The van der Waals surface area contributed by atoms with Crippen molar-refractivity contribution >= 4 is 28.2 Å². The van der Waals surface area contributed by atoms with Crippen LogP contribution in [0.15, 0.2) is 0 Å². The quantitative estimate of drug-likeness (QED) is 0.859. The van der Waals surface area contributed by atoms with Gasteiger partial charge in [0.15, 0.2) is 0 Å². The summed E-state index contributed by atoms with van der Waals surface area (Å²) in [6, 6.07) is 0.447. The molecule has 1 N–H and O–H groups in total. The van der Waals surface area contributed by atoms with Crippen molar-refractivity contribution in [3.8, 4) is 0 Å². The third kappa shape index (κ3) is 3.43. The summed E-state index contributed by atoms with van der Waals surface area (Å²) in [5.74, 6) is -0.380. The Balaban J connectivity index is 1.72. The fraction of sp³-hybridized carbons (Fsp3) is 0.647. The fourth-order valence-electron chi connectivity index (χ4n) is 3.55. The Labute approximate surface area is 141 Å². The highest BCUT2D eigenvalue weighted by Crippen LogP contribution is 2.39. The van der Waals surface area contributed by atoms with E-state index in [4.69, 9.17) is 4.74 Å². The van der Waals surface area contributed by atoms with Crippen molar-refractivity contribution in [1.82, 2.24) is 4.90 Å². The van der Waals surface area contributed by atoms with Crippen molar-refractivity contribution in [3.63, 3.8) is 0 Å². The Hall–Kier alpha value is -1.40. The first kappa shape index (κ1) is 16.5. The third-order valence-electron chi connectivity index (χ3n) is 4.85. The van der Waals surface area contributed by atoms with Gasteiger partial charge in [0, 0.05) is 10.9 Å². The monoisotopic (exact) mass is 336 g/mol. The first-order chi connectivity index (χ1) is 11.1. The molecule has 0 radical (unpaired) electrons. The summed E-state index contributed by atoms with van der Waals surface area (Å²) in [4.78, 5) is 28.0. The summed E-state index contributed by atoms with van der Waals surface area (Å²) in [7, 11) is 1.39. The van der Waals surface area contributed by atoms with Crippen molar-refractivity contribution in [2.24, 2.45) is 0 Å². The van der Waals surface area contributed by atoms with Crippen LogP contribution >= 0.6 is 11.3 Å². The maximum absolute atomic E-state index is 12.4. The lowest BCUT2D eigenvalue weighted by molar-refractivity contribution is -0.118. The van der Waals surface area contributed by atoms with E-state index in [1.807, 2.05) is 0 Å². The second kappa shape index (κ2) is 7.01. The van der Waals surface area contributed by atoms with Gasteiger partial charge in [-0.15, -0.1) is 11.3 Å². The molecule has 1 amide bonds. The van der Waals surface area contributed by atoms with Gasteiger partial charge >= 0.3 is 5.97 Å². The molecule has 1 fully saturated rings. The number of hydrogen-bond acceptors (Lipinski definition) is 5. The van der Waals surface area contributed by atoms with E-state index in [2.05, 4.69) is 17.1 Å². The summed E-state index contributed by atoms with van der Waals surface area (Å²) in [5, 5.41) is 3.62. The molecule has 2 aliphatic rings. The minimum atomic E-state index is -0.342. The number of thiophene rings is 1. The maximum Gasteiger partial charge on any atom is 0.341 e. The molecule has 3 rings (SSSR count). The van der Waals surface area contributed by atoms with Crippen LogP contribution in [0.25, 0.3) is 0 Å². The van der Waals surface area contributed by atoms with Crippen LogP contribution in [0.2, 0.25) is 0 Å². The molecule has 0 spiro atoms. The molecule has 1 aromatic heterocycles. The van der Waals surface area contributed by atoms with Gasteiger partial charge in [0.1, 0.15) is 5.00 Å². The largest absolute Gasteiger partial charge is 0.465 e. The van der Waals surface area contributed by atoms with Gasteiger partial charge in [0.2, 0.25) is 5.91 Å². The average molecular weight is 336 g/mol. The number of rotatable bonds is 4. The molecule has 0 aromatic carbocycles. The van der Waals surface area contributed by atoms with Crippen LogP contribution in [0.3, 0.4) is 0 Å². The van der Waals surface area contributed by atoms with Crippen LogP contribution < -0.4 is 5.32 Å². The molecule has 1 unspecified atom stereocenters. The third-order valence-corrected chi connectivity index (χ3v) is 6.06. The van der Waals surface area contributed by atoms with Crippen LogP contribution in [-0.4, -0.2) is 43.0 Å². The van der Waals surface area contributed by atoms with Crippen molar-refractivity contribution < 1.29 is 14.3 Å². The number of amides is 1. The number of carbonyl (C=O) groups is 2. The van der Waals surface area contributed by atoms with Crippen LogP contribution in [-0.2, 0) is 22.4 Å². The van der Waals surface area contributed by atoms with E-state index in [0.29, 0.717) is 23.2 Å². The number of carbonyl (C=O) groups excluding carboxylic acids is 2. The van der Waals surface area contributed by atoms with Crippen LogP contribution in [0.4, 0.5) is 5.00 Å². The molecule has 1 aromatic rings. The molecule has 5 nitrogen and oxygen atoms in total. The zero-order valence-electron chi connectivity index (χ0n) is 13.8. The number of hydrogen-bond donors (Lipinski definition) is 1. The maximum atomic E-state index is 12.4. The van der Waals surface area contributed by atoms with Crippen molar-refractivity contribution in [2.45, 2.75) is 51.5 Å². The smallest absolute Gasteiger partial charge is 0.341 e. The summed E-state index contributed by atoms with van der Waals surface area (Å²) >= 11 is 1.53. The Bertz CT molecular complexity index is 611. The fourth-order valence-corrected chi connectivity index (χ4v) is 4.85. The predicted molar refractivity (Wildman–Crippen MR) is 91.2 cm³/mol. The number of fused-ring (bicyclic) bond motifs is 1. The molecule has 2 heterocycles. The number of esters is 1. The molecular formula is C17H24N2O3S. The highest BCUT2D eigenvalue weighted by molar-refractivity contribution is 7.17. The molecule has 1 aliphatic heterocycles. The van der Waals surface area contributed by atoms with E-state index in [1.54, 1.807) is 0 Å². The standard InChI is InChI=1S/C17H24N2O3S/c1-11-6-3-4-9-19(11)10-14(20)18-16-15(17(21)22-2)12-7-5-8-13(12)23-16/h11H,3-10H2,1-2H3,(H,18,20). The van der Waals surface area contributed by atoms with E-state index in [0.717, 1.165) is 44.2 Å². The Morgan fingerprint density at radius 3 is 2.87 bits per heavy atom. The van der Waals surface area contributed by atoms with Gasteiger partial charge in [-0.05, 0) is 51.1 Å². The van der Waals surface area contributed by atoms with Gasteiger partial charge in [-0.3, -0.25) is 9.69 Å². The predicted octanol–water partition coefficient (Wildman–Crippen LogP) is 2.84. The molecule has 0 saturated carbocycles. The minimum absolute atomic E-state index is 0.0381. The summed E-state index contributed by atoms with van der Waals surface area (Å²) in [5.41, 5.74) is 1.65. The number of aryl methyl sites for hydroxylation is 1. The van der Waals surface area contributed by atoms with Crippen LogP contribution in [0.5, 0.6) is 0 Å². The molecule has 1 atom stereocenters. The van der Waals surface area contributed by atoms with E-state index < -0.39 is 0 Å². The summed E-state index contributed by atoms with van der Waals surface area (Å²) in [6.07, 6.45) is 6.50. The number of nitrogens with one attached hydrogen (secondary N) is 1. The van der Waals surface area contributed by atoms with Gasteiger partial charge < -0.3 is 10.1 Å². The van der Waals surface area contributed by atoms with E-state index in [9.17, 15) is 9.59 Å². The molecule has 126 valence electrons. The second-order valence-corrected chi connectivity index (χ2v) is 7.52. The SMILES string of the molecule is COC(=O)c1c(NC(=O)CN2CCCCC2C)sc2c1CCC2. The molecule has 1 aliphatic carbocycles. The van der Waals surface area contributed by atoms with Crippen molar-refractivity contribution in [1.29, 1.82) is 0 Å². The molecule has 1 saturated heterocycles. The number of anilines is 1. The van der Waals surface area contributed by atoms with E-state index in [1.165, 1.54) is 29.7 Å². The van der Waals surface area contributed by atoms with Gasteiger partial charge in [0.25, 0.3) is 0 Å². The van der Waals surface area contributed by atoms with E-state index in [-0.39, 0.29) is 11.9 Å². The molecule has 6 heteroatoms. The molecular weight excluding hydrogens is 312 g/mol. The number of ether oxygens (including phenoxy) is 1. The summed E-state index contributed by atoms with van der Waals surface area (Å²) < 4.78 is 4.92. The van der Waals surface area contributed by atoms with Crippen LogP contribution in [0, 0.1) is 0 Å². The van der Waals surface area contributed by atoms with Crippen LogP contribution in [0.1, 0.15) is 53.4 Å². The zero-order chi connectivity index (χ0) is 16.4. The number of methoxy groups -OCH3 is 1. The van der Waals surface area contributed by atoms with Gasteiger partial charge in [0.05, 0.1) is 19.2 Å². The normalized spacial score (nSPS) is 21.0. The van der Waals surface area contributed by atoms with E-state index >= 15 is 0 Å². The minimum Gasteiger partial charge on any atom is -0.465 e. The van der Waals surface area contributed by atoms with Crippen molar-refractivity contribution in [2.75, 3.05) is 25.5 Å². The molecule has 0 bridgehead atoms. The lowest BCUT2D eigenvalue weighted by atomic mass is 10.0. The lowest BCUT2D eigenvalue weighted by Gasteiger charge is -2.32. The topological polar surface area (TPSA) is 58.6 Å². The number of nitrogens with zero attached hydrogens (tertiary/aromatic N) is 1. The first-order valence-corrected chi connectivity index (χ1v) is 9.18. The first-order valence-electron chi connectivity index (χ1n) is 8.37. The number of piperidine rings is 1. The van der Waals surface area contributed by atoms with Crippen molar-refractivity contribution in [3.05, 3.63) is 16.0 Å². The average Bonchev–Trinajstić information content (AvgIpc) is 3.09. The number of likely N-dealkylation sites (tertiary alicyclic amines) is 1. The molecule has 23 heavy (non-hydrogen) atoms. The van der Waals surface area contributed by atoms with Gasteiger partial charge in [-0.25, -0.2) is 4.79 Å². The summed E-state index contributed by atoms with van der Waals surface area (Å²) in [6.45, 7) is 3.54. The zero-order valence-corrected chi connectivity index (χ0v) is 14.6. The highest BCUT2D eigenvalue weighted by Gasteiger charge is 2.28. The lowest BCUT2D eigenvalue weighted by Crippen LogP contribution is -2.42. The highest BCUT2D eigenvalue weighted by atomic mass is 32.1. The Morgan fingerprint density at radius 2 is 2.13 bits per heavy atom. The van der Waals surface area contributed by atoms with Gasteiger partial charge in [-0.2, -0.15) is 0 Å².